The molecule has 2 unspecified atom stereocenters. The Bertz CT molecular complexity index is 685. The van der Waals surface area contributed by atoms with Crippen molar-refractivity contribution in [2.75, 3.05) is 5.75 Å². The average molecular weight is 500 g/mol. The molecule has 0 bridgehead atoms. The molecule has 34 heavy (non-hydrogen) atoms. The lowest BCUT2D eigenvalue weighted by Gasteiger charge is -2.21. The second-order valence-electron chi connectivity index (χ2n) is 8.95. The topological polar surface area (TPSA) is 104 Å². The number of allylic oxidation sites excluding steroid dienone is 5. The van der Waals surface area contributed by atoms with Crippen LogP contribution in [0.5, 0.6) is 0 Å². The van der Waals surface area contributed by atoms with Crippen molar-refractivity contribution in [3.05, 3.63) is 36.5 Å². The molecule has 0 saturated heterocycles. The van der Waals surface area contributed by atoms with Gasteiger partial charge in [0.15, 0.2) is 0 Å². The van der Waals surface area contributed by atoms with Crippen molar-refractivity contribution < 1.29 is 22.9 Å². The third-order valence-corrected chi connectivity index (χ3v) is 6.33. The summed E-state index contributed by atoms with van der Waals surface area (Å²) in [6.45, 7) is 4.36. The first-order valence-electron chi connectivity index (χ1n) is 13.2. The quantitative estimate of drug-likeness (QED) is 0.0924. The van der Waals surface area contributed by atoms with E-state index in [9.17, 15) is 22.9 Å². The molecule has 0 radical (unpaired) electrons. The zero-order valence-corrected chi connectivity index (χ0v) is 22.3. The molecule has 0 aromatic heterocycles. The van der Waals surface area contributed by atoms with Crippen LogP contribution in [0.1, 0.15) is 110 Å². The van der Waals surface area contributed by atoms with Crippen LogP contribution in [0.3, 0.4) is 0 Å². The fourth-order valence-electron chi connectivity index (χ4n) is 3.52. The number of amides is 1. The zero-order valence-electron chi connectivity index (χ0n) is 21.5. The van der Waals surface area contributed by atoms with E-state index >= 15 is 0 Å². The monoisotopic (exact) mass is 499 g/mol. The minimum atomic E-state index is -4.33. The number of nitrogens with one attached hydrogen (secondary N) is 1. The van der Waals surface area contributed by atoms with Gasteiger partial charge in [-0.05, 0) is 38.5 Å². The normalized spacial score (nSPS) is 14.4. The maximum absolute atomic E-state index is 12.2. The fourth-order valence-corrected chi connectivity index (χ4v) is 4.26. The molecule has 1 amide bonds. The molecular weight excluding hydrogens is 450 g/mol. The summed E-state index contributed by atoms with van der Waals surface area (Å²) < 4.78 is 31.9. The molecule has 0 aliphatic heterocycles. The number of carbonyl (C=O) groups is 1. The van der Waals surface area contributed by atoms with E-state index in [0.29, 0.717) is 6.42 Å². The highest BCUT2D eigenvalue weighted by molar-refractivity contribution is 7.85. The van der Waals surface area contributed by atoms with Gasteiger partial charge in [0.2, 0.25) is 5.91 Å². The third-order valence-electron chi connectivity index (χ3n) is 5.55. The molecule has 7 heteroatoms. The van der Waals surface area contributed by atoms with E-state index in [4.69, 9.17) is 0 Å². The summed E-state index contributed by atoms with van der Waals surface area (Å²) in [7, 11) is -4.33. The molecule has 0 aliphatic rings. The van der Waals surface area contributed by atoms with E-state index in [-0.39, 0.29) is 12.3 Å². The Kier molecular flexibility index (Phi) is 21.1. The van der Waals surface area contributed by atoms with E-state index < -0.39 is 28.0 Å². The van der Waals surface area contributed by atoms with Crippen molar-refractivity contribution in [1.82, 2.24) is 5.32 Å². The zero-order chi connectivity index (χ0) is 25.5. The van der Waals surface area contributed by atoms with E-state index in [1.165, 1.54) is 38.2 Å². The Hall–Kier alpha value is -1.44. The SMILES string of the molecule is CCCC/C=C/CC/C=C/CC/C=C/C(O)C(CS(=O)(=O)O)NC(=O)CCCCCCCCC. The lowest BCUT2D eigenvalue weighted by molar-refractivity contribution is -0.122. The predicted molar refractivity (Wildman–Crippen MR) is 142 cm³/mol. The molecule has 0 heterocycles. The number of aliphatic hydroxyl groups excluding tert-OH is 1. The Morgan fingerprint density at radius 3 is 1.82 bits per heavy atom. The summed E-state index contributed by atoms with van der Waals surface area (Å²) in [5.74, 6) is -1.02. The van der Waals surface area contributed by atoms with Gasteiger partial charge in [0.25, 0.3) is 10.1 Å². The van der Waals surface area contributed by atoms with Crippen LogP contribution in [0.25, 0.3) is 0 Å². The van der Waals surface area contributed by atoms with Crippen molar-refractivity contribution in [1.29, 1.82) is 0 Å². The van der Waals surface area contributed by atoms with Crippen LogP contribution in [0, 0.1) is 0 Å². The van der Waals surface area contributed by atoms with Crippen LogP contribution in [0.4, 0.5) is 0 Å². The van der Waals surface area contributed by atoms with Gasteiger partial charge >= 0.3 is 0 Å². The first-order valence-corrected chi connectivity index (χ1v) is 14.8. The van der Waals surface area contributed by atoms with Crippen molar-refractivity contribution in [3.63, 3.8) is 0 Å². The first-order chi connectivity index (χ1) is 16.3. The van der Waals surface area contributed by atoms with Crippen molar-refractivity contribution >= 4 is 16.0 Å². The molecule has 0 rings (SSSR count). The molecule has 198 valence electrons. The van der Waals surface area contributed by atoms with Gasteiger partial charge in [0.1, 0.15) is 0 Å². The highest BCUT2D eigenvalue weighted by Crippen LogP contribution is 2.09. The minimum absolute atomic E-state index is 0.283. The van der Waals surface area contributed by atoms with Crippen molar-refractivity contribution in [2.45, 2.75) is 122 Å². The number of aliphatic hydroxyl groups is 1. The highest BCUT2D eigenvalue weighted by Gasteiger charge is 2.24. The maximum atomic E-state index is 12.2. The number of rotatable bonds is 22. The van der Waals surface area contributed by atoms with Crippen LogP contribution in [0.15, 0.2) is 36.5 Å². The van der Waals surface area contributed by atoms with Crippen LogP contribution in [-0.2, 0) is 14.9 Å². The fraction of sp³-hybridized carbons (Fsp3) is 0.741. The molecule has 0 saturated carbocycles. The minimum Gasteiger partial charge on any atom is -0.387 e. The second kappa shape index (κ2) is 22.1. The predicted octanol–water partition coefficient (Wildman–Crippen LogP) is 6.28. The largest absolute Gasteiger partial charge is 0.387 e. The van der Waals surface area contributed by atoms with E-state index in [1.807, 2.05) is 0 Å². The smallest absolute Gasteiger partial charge is 0.267 e. The first kappa shape index (κ1) is 32.6. The van der Waals surface area contributed by atoms with Crippen molar-refractivity contribution in [2.24, 2.45) is 0 Å². The maximum Gasteiger partial charge on any atom is 0.267 e. The Balaban J connectivity index is 4.31. The summed E-state index contributed by atoms with van der Waals surface area (Å²) in [4.78, 5) is 12.2. The lowest BCUT2D eigenvalue weighted by Crippen LogP contribution is -2.46. The average Bonchev–Trinajstić information content (AvgIpc) is 2.77. The molecule has 0 aliphatic carbocycles. The van der Waals surface area contributed by atoms with Crippen LogP contribution < -0.4 is 5.32 Å². The Morgan fingerprint density at radius 1 is 0.765 bits per heavy atom. The number of unbranched alkanes of at least 4 members (excludes halogenated alkanes) is 10. The summed E-state index contributed by atoms with van der Waals surface area (Å²) >= 11 is 0. The van der Waals surface area contributed by atoms with Gasteiger partial charge in [-0.1, -0.05) is 102 Å². The summed E-state index contributed by atoms with van der Waals surface area (Å²) in [5.41, 5.74) is 0. The Labute approximate surface area is 208 Å². The summed E-state index contributed by atoms with van der Waals surface area (Å²) in [6, 6.07) is -1.07. The Morgan fingerprint density at radius 2 is 1.26 bits per heavy atom. The van der Waals surface area contributed by atoms with Crippen molar-refractivity contribution in [3.8, 4) is 0 Å². The van der Waals surface area contributed by atoms with Gasteiger partial charge in [0, 0.05) is 6.42 Å². The standard InChI is InChI=1S/C27H49NO5S/c1-3-5-7-9-11-12-13-14-15-17-18-20-22-26(29)25(24-34(31,32)33)28-27(30)23-21-19-16-10-8-6-4-2/h9,11,14-15,20,22,25-26,29H,3-8,10,12-13,16-19,21,23-24H2,1-2H3,(H,28,30)(H,31,32,33)/b11-9+,15-14+,22-20+. The van der Waals surface area contributed by atoms with Gasteiger partial charge in [-0.2, -0.15) is 8.42 Å². The molecule has 6 nitrogen and oxygen atoms in total. The molecule has 0 spiro atoms. The van der Waals surface area contributed by atoms with Crippen LogP contribution in [0.2, 0.25) is 0 Å². The van der Waals surface area contributed by atoms with E-state index in [1.54, 1.807) is 6.08 Å². The molecule has 0 fully saturated rings. The van der Waals surface area contributed by atoms with Gasteiger partial charge in [-0.15, -0.1) is 0 Å². The van der Waals surface area contributed by atoms with Crippen LogP contribution >= 0.6 is 0 Å². The van der Waals surface area contributed by atoms with Crippen LogP contribution in [-0.4, -0.2) is 41.9 Å². The number of hydrogen-bond acceptors (Lipinski definition) is 4. The molecular formula is C27H49NO5S. The van der Waals surface area contributed by atoms with E-state index in [0.717, 1.165) is 51.4 Å². The third kappa shape index (κ3) is 22.4. The summed E-state index contributed by atoms with van der Waals surface area (Å²) in [5, 5.41) is 13.0. The molecule has 0 aromatic rings. The lowest BCUT2D eigenvalue weighted by atomic mass is 10.1. The van der Waals surface area contributed by atoms with E-state index in [2.05, 4.69) is 43.5 Å². The van der Waals surface area contributed by atoms with Gasteiger partial charge in [-0.25, -0.2) is 0 Å². The second-order valence-corrected chi connectivity index (χ2v) is 10.4. The highest BCUT2D eigenvalue weighted by atomic mass is 32.2. The van der Waals surface area contributed by atoms with Gasteiger partial charge < -0.3 is 10.4 Å². The van der Waals surface area contributed by atoms with Gasteiger partial charge in [-0.3, -0.25) is 9.35 Å². The molecule has 2 atom stereocenters. The number of hydrogen-bond donors (Lipinski definition) is 3. The molecule has 3 N–H and O–H groups in total. The number of carbonyl (C=O) groups excluding carboxylic acids is 1. The molecule has 0 aromatic carbocycles. The van der Waals surface area contributed by atoms with Gasteiger partial charge in [0.05, 0.1) is 17.9 Å². The summed E-state index contributed by atoms with van der Waals surface area (Å²) in [6.07, 6.45) is 25.8.